The summed E-state index contributed by atoms with van der Waals surface area (Å²) in [6.07, 6.45) is -0.308. The summed E-state index contributed by atoms with van der Waals surface area (Å²) in [6, 6.07) is 4.60. The molecule has 0 radical (unpaired) electrons. The quantitative estimate of drug-likeness (QED) is 0.831. The third-order valence-electron chi connectivity index (χ3n) is 2.15. The SMILES string of the molecule is CC(=O)C(Br)c1cccc(O)c1CC(=O)O. The van der Waals surface area contributed by atoms with Crippen LogP contribution in [0, 0.1) is 0 Å². The average molecular weight is 287 g/mol. The first-order valence-corrected chi connectivity index (χ1v) is 5.52. The lowest BCUT2D eigenvalue weighted by atomic mass is 9.99. The van der Waals surface area contributed by atoms with Crippen LogP contribution in [0.2, 0.25) is 0 Å². The second-order valence-corrected chi connectivity index (χ2v) is 4.30. The fourth-order valence-corrected chi connectivity index (χ4v) is 1.82. The Kier molecular flexibility index (Phi) is 4.06. The van der Waals surface area contributed by atoms with Gasteiger partial charge in [0.15, 0.2) is 0 Å². The molecule has 5 heteroatoms. The van der Waals surface area contributed by atoms with Gasteiger partial charge < -0.3 is 10.2 Å². The Morgan fingerprint density at radius 3 is 2.56 bits per heavy atom. The predicted octanol–water partition coefficient (Wildman–Crippen LogP) is 2.04. The molecule has 1 rings (SSSR count). The third-order valence-corrected chi connectivity index (χ3v) is 3.28. The average Bonchev–Trinajstić information content (AvgIpc) is 2.19. The molecule has 1 atom stereocenters. The van der Waals surface area contributed by atoms with Crippen molar-refractivity contribution in [2.75, 3.05) is 0 Å². The van der Waals surface area contributed by atoms with Crippen LogP contribution in [-0.2, 0) is 16.0 Å². The van der Waals surface area contributed by atoms with E-state index < -0.39 is 10.8 Å². The maximum Gasteiger partial charge on any atom is 0.307 e. The number of Topliss-reactive ketones (excluding diaryl/α,β-unsaturated/α-hetero) is 1. The lowest BCUT2D eigenvalue weighted by Gasteiger charge is -2.12. The number of carbonyl (C=O) groups is 2. The topological polar surface area (TPSA) is 74.6 Å². The molecule has 0 saturated carbocycles. The second-order valence-electron chi connectivity index (χ2n) is 3.39. The summed E-state index contributed by atoms with van der Waals surface area (Å²) in [4.78, 5) is 21.3. The summed E-state index contributed by atoms with van der Waals surface area (Å²) in [5.41, 5.74) is 0.766. The minimum Gasteiger partial charge on any atom is -0.508 e. The van der Waals surface area contributed by atoms with Crippen LogP contribution in [0.5, 0.6) is 5.75 Å². The number of carboxylic acid groups (broad SMARTS) is 1. The molecule has 1 unspecified atom stereocenters. The number of hydrogen-bond donors (Lipinski definition) is 2. The highest BCUT2D eigenvalue weighted by molar-refractivity contribution is 9.09. The van der Waals surface area contributed by atoms with Crippen molar-refractivity contribution in [1.29, 1.82) is 0 Å². The molecule has 0 bridgehead atoms. The number of benzene rings is 1. The van der Waals surface area contributed by atoms with E-state index in [1.807, 2.05) is 0 Å². The van der Waals surface area contributed by atoms with Gasteiger partial charge in [0.05, 0.1) is 11.2 Å². The molecule has 2 N–H and O–H groups in total. The minimum absolute atomic E-state index is 0.106. The Morgan fingerprint density at radius 2 is 2.06 bits per heavy atom. The van der Waals surface area contributed by atoms with Gasteiger partial charge in [-0.2, -0.15) is 0 Å². The van der Waals surface area contributed by atoms with Crippen molar-refractivity contribution in [3.63, 3.8) is 0 Å². The molecule has 0 aliphatic rings. The van der Waals surface area contributed by atoms with Gasteiger partial charge in [-0.15, -0.1) is 0 Å². The van der Waals surface area contributed by atoms with Crippen LogP contribution < -0.4 is 0 Å². The zero-order valence-corrected chi connectivity index (χ0v) is 10.2. The number of phenolic OH excluding ortho intramolecular Hbond substituents is 1. The molecular formula is C11H11BrO4. The van der Waals surface area contributed by atoms with Gasteiger partial charge in [0.1, 0.15) is 11.5 Å². The zero-order chi connectivity index (χ0) is 12.3. The smallest absolute Gasteiger partial charge is 0.307 e. The number of aromatic hydroxyl groups is 1. The number of phenols is 1. The predicted molar refractivity (Wildman–Crippen MR) is 61.8 cm³/mol. The molecule has 1 aromatic rings. The van der Waals surface area contributed by atoms with E-state index in [0.717, 1.165) is 0 Å². The maximum atomic E-state index is 11.2. The minimum atomic E-state index is -1.05. The van der Waals surface area contributed by atoms with E-state index in [1.54, 1.807) is 12.1 Å². The van der Waals surface area contributed by atoms with E-state index >= 15 is 0 Å². The van der Waals surface area contributed by atoms with Crippen molar-refractivity contribution in [2.45, 2.75) is 18.2 Å². The van der Waals surface area contributed by atoms with Gasteiger partial charge in [0.2, 0.25) is 0 Å². The maximum absolute atomic E-state index is 11.2. The van der Waals surface area contributed by atoms with E-state index in [4.69, 9.17) is 5.11 Å². The van der Waals surface area contributed by atoms with Crippen LogP contribution in [-0.4, -0.2) is 22.0 Å². The Balaban J connectivity index is 3.22. The van der Waals surface area contributed by atoms with Crippen molar-refractivity contribution in [1.82, 2.24) is 0 Å². The molecule has 16 heavy (non-hydrogen) atoms. The molecule has 0 spiro atoms. The molecule has 0 saturated heterocycles. The fourth-order valence-electron chi connectivity index (χ4n) is 1.39. The highest BCUT2D eigenvalue weighted by Gasteiger charge is 2.20. The van der Waals surface area contributed by atoms with Gasteiger partial charge in [-0.3, -0.25) is 9.59 Å². The number of carboxylic acids is 1. The summed E-state index contributed by atoms with van der Waals surface area (Å²) in [6.45, 7) is 1.40. The largest absolute Gasteiger partial charge is 0.508 e. The third kappa shape index (κ3) is 2.82. The summed E-state index contributed by atoms with van der Waals surface area (Å²) in [5, 5.41) is 18.3. The van der Waals surface area contributed by atoms with E-state index in [2.05, 4.69) is 15.9 Å². The van der Waals surface area contributed by atoms with Crippen LogP contribution in [0.15, 0.2) is 18.2 Å². The highest BCUT2D eigenvalue weighted by atomic mass is 79.9. The van der Waals surface area contributed by atoms with Crippen molar-refractivity contribution < 1.29 is 19.8 Å². The molecule has 4 nitrogen and oxygen atoms in total. The van der Waals surface area contributed by atoms with Crippen LogP contribution in [0.3, 0.4) is 0 Å². The molecule has 0 aliphatic heterocycles. The monoisotopic (exact) mass is 286 g/mol. The first kappa shape index (κ1) is 12.7. The standard InChI is InChI=1S/C11H11BrO4/c1-6(13)11(12)7-3-2-4-9(14)8(7)5-10(15)16/h2-4,11,14H,5H2,1H3,(H,15,16). The summed E-state index contributed by atoms with van der Waals surface area (Å²) < 4.78 is 0. The Hall–Kier alpha value is -1.36. The van der Waals surface area contributed by atoms with Gasteiger partial charge in [0, 0.05) is 5.56 Å². The normalized spacial score (nSPS) is 12.1. The lowest BCUT2D eigenvalue weighted by Crippen LogP contribution is -2.08. The van der Waals surface area contributed by atoms with Crippen molar-refractivity contribution in [3.05, 3.63) is 29.3 Å². The first-order chi connectivity index (χ1) is 7.43. The fraction of sp³-hybridized carbons (Fsp3) is 0.273. The van der Waals surface area contributed by atoms with Crippen LogP contribution in [0.25, 0.3) is 0 Å². The van der Waals surface area contributed by atoms with Crippen molar-refractivity contribution >= 4 is 27.7 Å². The van der Waals surface area contributed by atoms with Crippen molar-refractivity contribution in [2.24, 2.45) is 0 Å². The first-order valence-electron chi connectivity index (χ1n) is 4.60. The number of alkyl halides is 1. The molecule has 1 aromatic carbocycles. The summed E-state index contributed by atoms with van der Waals surface area (Å²) >= 11 is 3.17. The van der Waals surface area contributed by atoms with E-state index in [1.165, 1.54) is 13.0 Å². The van der Waals surface area contributed by atoms with E-state index in [-0.39, 0.29) is 23.5 Å². The number of aliphatic carboxylic acids is 1. The van der Waals surface area contributed by atoms with Gasteiger partial charge in [-0.25, -0.2) is 0 Å². The Bertz CT molecular complexity index is 428. The Labute approximate surface area is 101 Å². The van der Waals surface area contributed by atoms with Gasteiger partial charge in [-0.05, 0) is 18.6 Å². The number of ketones is 1. The molecule has 0 aliphatic carbocycles. The van der Waals surface area contributed by atoms with Gasteiger partial charge >= 0.3 is 5.97 Å². The second kappa shape index (κ2) is 5.12. The number of rotatable bonds is 4. The molecule has 0 aromatic heterocycles. The number of carbonyl (C=O) groups excluding carboxylic acids is 1. The van der Waals surface area contributed by atoms with Crippen molar-refractivity contribution in [3.8, 4) is 5.75 Å². The molecule has 0 heterocycles. The van der Waals surface area contributed by atoms with Gasteiger partial charge in [0.25, 0.3) is 0 Å². The van der Waals surface area contributed by atoms with E-state index in [0.29, 0.717) is 5.56 Å². The van der Waals surface area contributed by atoms with Crippen LogP contribution in [0.4, 0.5) is 0 Å². The highest BCUT2D eigenvalue weighted by Crippen LogP contribution is 2.32. The molecule has 86 valence electrons. The summed E-state index contributed by atoms with van der Waals surface area (Å²) in [5.74, 6) is -1.30. The number of halogens is 1. The van der Waals surface area contributed by atoms with E-state index in [9.17, 15) is 14.7 Å². The lowest BCUT2D eigenvalue weighted by molar-refractivity contribution is -0.136. The molecule has 0 fully saturated rings. The van der Waals surface area contributed by atoms with Crippen LogP contribution in [0.1, 0.15) is 22.9 Å². The molecular weight excluding hydrogens is 276 g/mol. The summed E-state index contributed by atoms with van der Waals surface area (Å²) in [7, 11) is 0. The van der Waals surface area contributed by atoms with Crippen LogP contribution >= 0.6 is 15.9 Å². The zero-order valence-electron chi connectivity index (χ0n) is 8.61. The number of hydrogen-bond acceptors (Lipinski definition) is 3. The molecule has 0 amide bonds. The Morgan fingerprint density at radius 1 is 1.44 bits per heavy atom. The van der Waals surface area contributed by atoms with Gasteiger partial charge in [-0.1, -0.05) is 28.1 Å².